The summed E-state index contributed by atoms with van der Waals surface area (Å²) >= 11 is 1.46. The Morgan fingerprint density at radius 1 is 1.24 bits per heavy atom. The average Bonchev–Trinajstić information content (AvgIpc) is 3.06. The Morgan fingerprint density at radius 3 is 2.44 bits per heavy atom. The van der Waals surface area contributed by atoms with Crippen molar-refractivity contribution in [3.63, 3.8) is 0 Å². The van der Waals surface area contributed by atoms with Crippen LogP contribution >= 0.6 is 11.8 Å². The Bertz CT molecular complexity index is 736. The highest BCUT2D eigenvalue weighted by atomic mass is 32.2. The van der Waals surface area contributed by atoms with Crippen LogP contribution in [-0.2, 0) is 0 Å². The lowest BCUT2D eigenvalue weighted by Crippen LogP contribution is -2.44. The lowest BCUT2D eigenvalue weighted by Gasteiger charge is -2.35. The Balaban J connectivity index is 1.86. The van der Waals surface area contributed by atoms with Gasteiger partial charge in [-0.15, -0.1) is 0 Å². The molecule has 3 rings (SSSR count). The van der Waals surface area contributed by atoms with E-state index >= 15 is 0 Å². The fraction of sp³-hybridized carbons (Fsp3) is 0.444. The predicted molar refractivity (Wildman–Crippen MR) is 97.9 cm³/mol. The Hall–Kier alpha value is -1.86. The van der Waals surface area contributed by atoms with Crippen LogP contribution in [0.5, 0.6) is 0 Å². The third-order valence-electron chi connectivity index (χ3n) is 4.70. The first-order valence-corrected chi connectivity index (χ1v) is 9.57. The van der Waals surface area contributed by atoms with E-state index in [4.69, 9.17) is 0 Å². The third kappa shape index (κ3) is 3.72. The molecular formula is C18H23FN4OS. The van der Waals surface area contributed by atoms with Crippen LogP contribution in [-0.4, -0.2) is 64.7 Å². The van der Waals surface area contributed by atoms with Gasteiger partial charge in [-0.1, -0.05) is 11.8 Å². The summed E-state index contributed by atoms with van der Waals surface area (Å²) < 4.78 is 15.1. The van der Waals surface area contributed by atoms with Gasteiger partial charge in [0.2, 0.25) is 0 Å². The first-order chi connectivity index (χ1) is 12.0. The van der Waals surface area contributed by atoms with E-state index in [2.05, 4.69) is 24.0 Å². The van der Waals surface area contributed by atoms with Crippen LogP contribution < -0.4 is 0 Å². The number of carbonyl (C=O) groups is 1. The maximum atomic E-state index is 13.3. The van der Waals surface area contributed by atoms with E-state index in [0.29, 0.717) is 11.7 Å². The van der Waals surface area contributed by atoms with Crippen molar-refractivity contribution in [1.82, 2.24) is 19.4 Å². The molecule has 2 heterocycles. The van der Waals surface area contributed by atoms with Gasteiger partial charge in [0.15, 0.2) is 5.16 Å². The molecule has 0 atom stereocenters. The molecule has 25 heavy (non-hydrogen) atoms. The summed E-state index contributed by atoms with van der Waals surface area (Å²) in [4.78, 5) is 21.5. The van der Waals surface area contributed by atoms with Gasteiger partial charge in [-0.2, -0.15) is 0 Å². The number of amides is 1. The zero-order chi connectivity index (χ0) is 18.0. The molecule has 0 spiro atoms. The zero-order valence-electron chi connectivity index (χ0n) is 14.8. The highest BCUT2D eigenvalue weighted by Gasteiger charge is 2.27. The molecule has 5 nitrogen and oxygen atoms in total. The van der Waals surface area contributed by atoms with Gasteiger partial charge in [-0.05, 0) is 57.5 Å². The molecule has 0 bridgehead atoms. The van der Waals surface area contributed by atoms with Crippen molar-refractivity contribution in [2.24, 2.45) is 0 Å². The summed E-state index contributed by atoms with van der Waals surface area (Å²) in [6, 6.07) is 6.66. The molecule has 1 fully saturated rings. The van der Waals surface area contributed by atoms with Crippen LogP contribution in [0.1, 0.15) is 23.3 Å². The van der Waals surface area contributed by atoms with Crippen molar-refractivity contribution in [2.45, 2.75) is 24.0 Å². The molecule has 0 aliphatic carbocycles. The van der Waals surface area contributed by atoms with Gasteiger partial charge < -0.3 is 9.80 Å². The minimum absolute atomic E-state index is 0.0191. The molecule has 134 valence electrons. The number of nitrogens with zero attached hydrogens (tertiary/aromatic N) is 4. The average molecular weight is 362 g/mol. The van der Waals surface area contributed by atoms with E-state index in [1.807, 2.05) is 15.7 Å². The lowest BCUT2D eigenvalue weighted by molar-refractivity contribution is 0.0654. The third-order valence-corrected chi connectivity index (χ3v) is 5.35. The maximum absolute atomic E-state index is 13.3. The molecular weight excluding hydrogens is 339 g/mol. The molecule has 0 saturated carbocycles. The van der Waals surface area contributed by atoms with Crippen LogP contribution in [0.15, 0.2) is 35.6 Å². The van der Waals surface area contributed by atoms with E-state index < -0.39 is 0 Å². The highest BCUT2D eigenvalue weighted by molar-refractivity contribution is 7.98. The predicted octanol–water partition coefficient (Wildman–Crippen LogP) is 2.90. The largest absolute Gasteiger partial charge is 0.337 e. The summed E-state index contributed by atoms with van der Waals surface area (Å²) in [6.45, 7) is 1.48. The summed E-state index contributed by atoms with van der Waals surface area (Å²) in [5, 5.41) is 0.720. The Labute approximate surface area is 151 Å². The minimum atomic E-state index is -0.298. The highest BCUT2D eigenvalue weighted by Crippen LogP contribution is 2.24. The van der Waals surface area contributed by atoms with Crippen LogP contribution in [0.2, 0.25) is 0 Å². The molecule has 1 aliphatic rings. The van der Waals surface area contributed by atoms with Gasteiger partial charge in [0.05, 0.1) is 6.20 Å². The van der Waals surface area contributed by atoms with Crippen LogP contribution in [0.4, 0.5) is 4.39 Å². The number of thioether (sulfide) groups is 1. The van der Waals surface area contributed by atoms with Crippen molar-refractivity contribution < 1.29 is 9.18 Å². The van der Waals surface area contributed by atoms with Crippen LogP contribution in [0.25, 0.3) is 5.69 Å². The zero-order valence-corrected chi connectivity index (χ0v) is 15.6. The van der Waals surface area contributed by atoms with Gasteiger partial charge in [-0.3, -0.25) is 9.36 Å². The molecule has 1 aliphatic heterocycles. The lowest BCUT2D eigenvalue weighted by atomic mass is 10.0. The molecule has 1 aromatic heterocycles. The van der Waals surface area contributed by atoms with Gasteiger partial charge in [0.25, 0.3) is 5.91 Å². The van der Waals surface area contributed by atoms with E-state index in [-0.39, 0.29) is 11.7 Å². The molecule has 1 amide bonds. The smallest absolute Gasteiger partial charge is 0.272 e. The number of hydrogen-bond acceptors (Lipinski definition) is 4. The molecule has 2 aromatic rings. The summed E-state index contributed by atoms with van der Waals surface area (Å²) in [5.74, 6) is -0.317. The van der Waals surface area contributed by atoms with Gasteiger partial charge in [0, 0.05) is 24.8 Å². The van der Waals surface area contributed by atoms with Crippen molar-refractivity contribution in [1.29, 1.82) is 0 Å². The van der Waals surface area contributed by atoms with Crippen molar-refractivity contribution in [3.05, 3.63) is 42.0 Å². The molecule has 0 unspecified atom stereocenters. The summed E-state index contributed by atoms with van der Waals surface area (Å²) in [5.41, 5.74) is 1.27. The fourth-order valence-electron chi connectivity index (χ4n) is 3.22. The van der Waals surface area contributed by atoms with Crippen molar-refractivity contribution in [2.75, 3.05) is 33.4 Å². The van der Waals surface area contributed by atoms with E-state index in [9.17, 15) is 9.18 Å². The van der Waals surface area contributed by atoms with E-state index in [1.54, 1.807) is 18.3 Å². The first-order valence-electron chi connectivity index (χ1n) is 8.34. The summed E-state index contributed by atoms with van der Waals surface area (Å²) in [7, 11) is 4.16. The Kier molecular flexibility index (Phi) is 5.44. The number of rotatable bonds is 4. The molecule has 1 aromatic carbocycles. The number of imidazole rings is 1. The molecule has 0 N–H and O–H groups in total. The second-order valence-electron chi connectivity index (χ2n) is 6.43. The first kappa shape index (κ1) is 17.9. The van der Waals surface area contributed by atoms with Crippen molar-refractivity contribution in [3.8, 4) is 5.69 Å². The fourth-order valence-corrected chi connectivity index (χ4v) is 3.76. The minimum Gasteiger partial charge on any atom is -0.337 e. The number of benzene rings is 1. The number of hydrogen-bond donors (Lipinski definition) is 0. The SMILES string of the molecule is CSc1ncc(C(=O)N2CCC(N(C)C)CC2)n1-c1ccc(F)cc1. The topological polar surface area (TPSA) is 41.4 Å². The molecule has 1 saturated heterocycles. The van der Waals surface area contributed by atoms with Gasteiger partial charge in [0.1, 0.15) is 11.5 Å². The maximum Gasteiger partial charge on any atom is 0.272 e. The number of carbonyl (C=O) groups excluding carboxylic acids is 1. The van der Waals surface area contributed by atoms with Gasteiger partial charge >= 0.3 is 0 Å². The van der Waals surface area contributed by atoms with Crippen LogP contribution in [0, 0.1) is 5.82 Å². The monoisotopic (exact) mass is 362 g/mol. The van der Waals surface area contributed by atoms with E-state index in [0.717, 1.165) is 36.8 Å². The molecule has 7 heteroatoms. The quantitative estimate of drug-likeness (QED) is 0.785. The number of piperidine rings is 1. The molecule has 0 radical (unpaired) electrons. The number of likely N-dealkylation sites (tertiary alicyclic amines) is 1. The second kappa shape index (κ2) is 7.58. The van der Waals surface area contributed by atoms with Crippen molar-refractivity contribution >= 4 is 17.7 Å². The number of halogens is 1. The van der Waals surface area contributed by atoms with Crippen LogP contribution in [0.3, 0.4) is 0 Å². The normalized spacial score (nSPS) is 15.8. The Morgan fingerprint density at radius 2 is 1.88 bits per heavy atom. The van der Waals surface area contributed by atoms with E-state index in [1.165, 1.54) is 23.9 Å². The number of aromatic nitrogens is 2. The van der Waals surface area contributed by atoms with Gasteiger partial charge in [-0.25, -0.2) is 9.37 Å². The second-order valence-corrected chi connectivity index (χ2v) is 7.20. The summed E-state index contributed by atoms with van der Waals surface area (Å²) in [6.07, 6.45) is 5.48. The standard InChI is InChI=1S/C18H23FN4OS/c1-21(2)14-8-10-22(11-9-14)17(24)16-12-20-18(25-3)23(16)15-6-4-13(19)5-7-15/h4-7,12,14H,8-11H2,1-3H3.